The van der Waals surface area contributed by atoms with Crippen LogP contribution in [-0.2, 0) is 22.7 Å². The Morgan fingerprint density at radius 2 is 2.30 bits per heavy atom. The molecular formula is C16H14N2O2. The summed E-state index contributed by atoms with van der Waals surface area (Å²) in [7, 11) is 0. The van der Waals surface area contributed by atoms with Crippen LogP contribution in [0.3, 0.4) is 0 Å². The van der Waals surface area contributed by atoms with Crippen LogP contribution in [0.4, 0.5) is 0 Å². The van der Waals surface area contributed by atoms with Crippen LogP contribution in [0.1, 0.15) is 17.7 Å². The Morgan fingerprint density at radius 1 is 1.35 bits per heavy atom. The summed E-state index contributed by atoms with van der Waals surface area (Å²) in [4.78, 5) is 16.3. The minimum absolute atomic E-state index is 0.0838. The van der Waals surface area contributed by atoms with Crippen molar-refractivity contribution in [3.63, 3.8) is 0 Å². The number of ether oxygens (including phenoxy) is 1. The molecule has 0 spiro atoms. The van der Waals surface area contributed by atoms with Gasteiger partial charge in [0.2, 0.25) is 0 Å². The molecule has 0 aromatic carbocycles. The second-order valence-electron chi connectivity index (χ2n) is 5.13. The Balaban J connectivity index is 1.96. The molecule has 1 aliphatic carbocycles. The molecule has 0 atom stereocenters. The van der Waals surface area contributed by atoms with Gasteiger partial charge in [-0.1, -0.05) is 6.08 Å². The molecular weight excluding hydrogens is 252 g/mol. The highest BCUT2D eigenvalue weighted by atomic mass is 16.5. The van der Waals surface area contributed by atoms with E-state index in [1.165, 1.54) is 5.56 Å². The van der Waals surface area contributed by atoms with E-state index in [1.807, 2.05) is 24.4 Å². The zero-order chi connectivity index (χ0) is 13.5. The second kappa shape index (κ2) is 4.42. The van der Waals surface area contributed by atoms with Crippen molar-refractivity contribution in [2.45, 2.75) is 19.6 Å². The first-order valence-electron chi connectivity index (χ1n) is 6.79. The number of nitrogens with zero attached hydrogens (tertiary/aromatic N) is 2. The molecule has 0 saturated carbocycles. The number of aryl methyl sites for hydroxylation is 1. The number of carbonyl (C=O) groups is 1. The largest absolute Gasteiger partial charge is 0.353 e. The van der Waals surface area contributed by atoms with Crippen LogP contribution in [-0.4, -0.2) is 21.9 Å². The summed E-state index contributed by atoms with van der Waals surface area (Å²) in [5.74, 6) is 0.0838. The van der Waals surface area contributed by atoms with E-state index < -0.39 is 0 Å². The molecule has 20 heavy (non-hydrogen) atoms. The van der Waals surface area contributed by atoms with Crippen LogP contribution < -0.4 is 0 Å². The van der Waals surface area contributed by atoms with Crippen molar-refractivity contribution < 1.29 is 9.53 Å². The maximum atomic E-state index is 12.1. The summed E-state index contributed by atoms with van der Waals surface area (Å²) in [6.45, 7) is 0.585. The van der Waals surface area contributed by atoms with Gasteiger partial charge in [0.05, 0.1) is 11.4 Å². The lowest BCUT2D eigenvalue weighted by Gasteiger charge is -2.14. The number of allylic oxidation sites excluding steroid dienone is 1. The molecule has 2 aromatic heterocycles. The van der Waals surface area contributed by atoms with Crippen molar-refractivity contribution in [2.75, 3.05) is 6.61 Å². The molecule has 0 bridgehead atoms. The molecule has 2 aromatic rings. The fourth-order valence-corrected chi connectivity index (χ4v) is 3.02. The zero-order valence-corrected chi connectivity index (χ0v) is 11.0. The molecule has 0 amide bonds. The van der Waals surface area contributed by atoms with Crippen molar-refractivity contribution >= 4 is 11.4 Å². The highest BCUT2D eigenvalue weighted by Crippen LogP contribution is 2.35. The van der Waals surface area contributed by atoms with Crippen molar-refractivity contribution in [2.24, 2.45) is 0 Å². The van der Waals surface area contributed by atoms with E-state index in [9.17, 15) is 4.79 Å². The maximum Gasteiger partial charge on any atom is 0.190 e. The van der Waals surface area contributed by atoms with Crippen LogP contribution in [0.15, 0.2) is 36.7 Å². The van der Waals surface area contributed by atoms with Gasteiger partial charge < -0.3 is 9.30 Å². The molecule has 4 nitrogen and oxygen atoms in total. The second-order valence-corrected chi connectivity index (χ2v) is 5.13. The lowest BCUT2D eigenvalue weighted by atomic mass is 9.95. The van der Waals surface area contributed by atoms with Gasteiger partial charge >= 0.3 is 0 Å². The van der Waals surface area contributed by atoms with Crippen LogP contribution in [0.5, 0.6) is 0 Å². The van der Waals surface area contributed by atoms with Gasteiger partial charge in [-0.25, -0.2) is 0 Å². The number of hydrogen-bond acceptors (Lipinski definition) is 3. The normalized spacial score (nSPS) is 17.4. The van der Waals surface area contributed by atoms with E-state index >= 15 is 0 Å². The summed E-state index contributed by atoms with van der Waals surface area (Å²) >= 11 is 0. The molecule has 1 aliphatic heterocycles. The van der Waals surface area contributed by atoms with Crippen LogP contribution >= 0.6 is 0 Å². The fraction of sp³-hybridized carbons (Fsp3) is 0.250. The summed E-state index contributed by atoms with van der Waals surface area (Å²) in [6, 6.07) is 6.13. The number of hydrogen-bond donors (Lipinski definition) is 0. The predicted molar refractivity (Wildman–Crippen MR) is 74.9 cm³/mol. The third kappa shape index (κ3) is 1.65. The van der Waals surface area contributed by atoms with Gasteiger partial charge in [0.1, 0.15) is 13.3 Å². The van der Waals surface area contributed by atoms with E-state index in [-0.39, 0.29) is 12.4 Å². The summed E-state index contributed by atoms with van der Waals surface area (Å²) in [6.07, 6.45) is 7.56. The molecule has 100 valence electrons. The van der Waals surface area contributed by atoms with Gasteiger partial charge in [-0.2, -0.15) is 0 Å². The average molecular weight is 266 g/mol. The highest BCUT2D eigenvalue weighted by molar-refractivity contribution is 6.22. The molecule has 4 rings (SSSR count). The molecule has 3 heterocycles. The van der Waals surface area contributed by atoms with Gasteiger partial charge in [-0.05, 0) is 36.6 Å². The van der Waals surface area contributed by atoms with E-state index in [2.05, 4.69) is 15.6 Å². The number of ketones is 1. The number of carbonyl (C=O) groups excluding carboxylic acids is 1. The quantitative estimate of drug-likeness (QED) is 0.796. The standard InChI is InChI=1S/C16H14N2O2/c19-15-9-20-10-18-14(12-4-2-6-17-8-12)7-11-3-1-5-13(15)16(11)18/h2,4-8H,1,3,9-10H2. The van der Waals surface area contributed by atoms with Crippen molar-refractivity contribution in [1.29, 1.82) is 0 Å². The Kier molecular flexibility index (Phi) is 2.57. The van der Waals surface area contributed by atoms with Gasteiger partial charge in [0.25, 0.3) is 0 Å². The molecule has 0 saturated heterocycles. The highest BCUT2D eigenvalue weighted by Gasteiger charge is 2.28. The SMILES string of the molecule is O=C1COCn2c(-c3cccnc3)cc3c2C1=CCC3. The van der Waals surface area contributed by atoms with Crippen molar-refractivity contribution in [3.05, 3.63) is 47.9 Å². The first kappa shape index (κ1) is 11.6. The first-order valence-corrected chi connectivity index (χ1v) is 6.79. The van der Waals surface area contributed by atoms with E-state index in [1.54, 1.807) is 6.20 Å². The number of rotatable bonds is 1. The molecule has 0 radical (unpaired) electrons. The summed E-state index contributed by atoms with van der Waals surface area (Å²) < 4.78 is 7.62. The first-order chi connectivity index (χ1) is 9.84. The van der Waals surface area contributed by atoms with Crippen molar-refractivity contribution in [1.82, 2.24) is 9.55 Å². The van der Waals surface area contributed by atoms with Gasteiger partial charge in [0.15, 0.2) is 5.78 Å². The van der Waals surface area contributed by atoms with Gasteiger partial charge in [-0.3, -0.25) is 9.78 Å². The maximum absolute atomic E-state index is 12.1. The lowest BCUT2D eigenvalue weighted by molar-refractivity contribution is -0.118. The van der Waals surface area contributed by atoms with Crippen molar-refractivity contribution in [3.8, 4) is 11.3 Å². The smallest absolute Gasteiger partial charge is 0.190 e. The van der Waals surface area contributed by atoms with E-state index in [4.69, 9.17) is 4.74 Å². The van der Waals surface area contributed by atoms with Gasteiger partial charge in [0, 0.05) is 23.5 Å². The molecule has 0 fully saturated rings. The molecule has 4 heteroatoms. The Labute approximate surface area is 116 Å². The number of Topliss-reactive ketones (excluding diaryl/α,β-unsaturated/α-hetero) is 1. The monoisotopic (exact) mass is 266 g/mol. The summed E-state index contributed by atoms with van der Waals surface area (Å²) in [5, 5.41) is 0. The fourth-order valence-electron chi connectivity index (χ4n) is 3.02. The molecule has 2 aliphatic rings. The average Bonchev–Trinajstić information content (AvgIpc) is 2.78. The van der Waals surface area contributed by atoms with E-state index in [0.29, 0.717) is 6.73 Å². The molecule has 0 N–H and O–H groups in total. The van der Waals surface area contributed by atoms with Crippen LogP contribution in [0.2, 0.25) is 0 Å². The third-order valence-electron chi connectivity index (χ3n) is 3.90. The zero-order valence-electron chi connectivity index (χ0n) is 11.0. The van der Waals surface area contributed by atoms with Crippen LogP contribution in [0, 0.1) is 0 Å². The topological polar surface area (TPSA) is 44.1 Å². The summed E-state index contributed by atoms with van der Waals surface area (Å²) in [5.41, 5.74) is 5.22. The third-order valence-corrected chi connectivity index (χ3v) is 3.90. The predicted octanol–water partition coefficient (Wildman–Crippen LogP) is 2.44. The Bertz CT molecular complexity index is 714. The number of aromatic nitrogens is 2. The van der Waals surface area contributed by atoms with Crippen LogP contribution in [0.25, 0.3) is 16.8 Å². The van der Waals surface area contributed by atoms with Gasteiger partial charge in [-0.15, -0.1) is 0 Å². The number of pyridine rings is 1. The lowest BCUT2D eigenvalue weighted by Crippen LogP contribution is -2.10. The molecule has 0 unspecified atom stereocenters. The minimum Gasteiger partial charge on any atom is -0.353 e. The Hall–Kier alpha value is -2.20. The minimum atomic E-state index is 0.0838. The Morgan fingerprint density at radius 3 is 3.15 bits per heavy atom. The van der Waals surface area contributed by atoms with E-state index in [0.717, 1.165) is 35.4 Å².